The van der Waals surface area contributed by atoms with Crippen molar-refractivity contribution >= 4 is 16.9 Å². The molecule has 0 aliphatic carbocycles. The van der Waals surface area contributed by atoms with Gasteiger partial charge in [0.05, 0.1) is 37.5 Å². The van der Waals surface area contributed by atoms with E-state index in [9.17, 15) is 4.79 Å². The summed E-state index contributed by atoms with van der Waals surface area (Å²) in [6.07, 6.45) is 3.36. The van der Waals surface area contributed by atoms with Crippen molar-refractivity contribution in [3.05, 3.63) is 59.9 Å². The maximum Gasteiger partial charge on any atom is 0.274 e. The summed E-state index contributed by atoms with van der Waals surface area (Å²) >= 11 is 0. The van der Waals surface area contributed by atoms with E-state index in [4.69, 9.17) is 9.47 Å². The van der Waals surface area contributed by atoms with Crippen molar-refractivity contribution in [2.24, 2.45) is 0 Å². The summed E-state index contributed by atoms with van der Waals surface area (Å²) in [4.78, 5) is 23.9. The van der Waals surface area contributed by atoms with Crippen LogP contribution in [0.4, 0.5) is 0 Å². The molecule has 0 N–H and O–H groups in total. The number of nitrogens with zero attached hydrogens (tertiary/aromatic N) is 3. The van der Waals surface area contributed by atoms with Crippen molar-refractivity contribution in [1.29, 1.82) is 0 Å². The maximum atomic E-state index is 13.2. The third-order valence-electron chi connectivity index (χ3n) is 4.98. The molecule has 6 nitrogen and oxygen atoms in total. The second-order valence-electron chi connectivity index (χ2n) is 6.51. The van der Waals surface area contributed by atoms with E-state index in [-0.39, 0.29) is 11.9 Å². The lowest BCUT2D eigenvalue weighted by Gasteiger charge is -2.26. The number of para-hydroxylation sites is 2. The minimum atomic E-state index is -0.111. The fourth-order valence-electron chi connectivity index (χ4n) is 3.64. The lowest BCUT2D eigenvalue weighted by molar-refractivity contribution is 0.0728. The van der Waals surface area contributed by atoms with Gasteiger partial charge >= 0.3 is 0 Å². The van der Waals surface area contributed by atoms with E-state index >= 15 is 0 Å². The SMILES string of the molecule is COc1ccc(OC)c(C2CCCN2C(=O)c2cnc3ccccc3n2)c1. The van der Waals surface area contributed by atoms with Crippen molar-refractivity contribution in [2.45, 2.75) is 18.9 Å². The zero-order chi connectivity index (χ0) is 18.8. The molecule has 138 valence electrons. The van der Waals surface area contributed by atoms with Crippen molar-refractivity contribution in [3.63, 3.8) is 0 Å². The van der Waals surface area contributed by atoms with Crippen LogP contribution in [-0.2, 0) is 0 Å². The Labute approximate surface area is 157 Å². The molecule has 1 saturated heterocycles. The molecular formula is C21H21N3O3. The smallest absolute Gasteiger partial charge is 0.274 e. The summed E-state index contributed by atoms with van der Waals surface area (Å²) in [7, 11) is 3.27. The van der Waals surface area contributed by atoms with Crippen LogP contribution in [0.1, 0.15) is 34.9 Å². The fraction of sp³-hybridized carbons (Fsp3) is 0.286. The van der Waals surface area contributed by atoms with E-state index in [0.29, 0.717) is 12.2 Å². The summed E-state index contributed by atoms with van der Waals surface area (Å²) in [6.45, 7) is 0.679. The van der Waals surface area contributed by atoms with Crippen LogP contribution in [0, 0.1) is 0 Å². The highest BCUT2D eigenvalue weighted by Crippen LogP contribution is 2.39. The van der Waals surface area contributed by atoms with Gasteiger partial charge in [-0.05, 0) is 43.2 Å². The summed E-state index contributed by atoms with van der Waals surface area (Å²) in [5, 5.41) is 0. The third-order valence-corrected chi connectivity index (χ3v) is 4.98. The Morgan fingerprint density at radius 1 is 1.11 bits per heavy atom. The second-order valence-corrected chi connectivity index (χ2v) is 6.51. The standard InChI is InChI=1S/C21H21N3O3/c1-26-14-9-10-20(27-2)15(12-14)19-8-5-11-24(19)21(25)18-13-22-16-6-3-4-7-17(16)23-18/h3-4,6-7,9-10,12-13,19H,5,8,11H2,1-2H3. The molecule has 1 aliphatic rings. The number of amides is 1. The first-order valence-electron chi connectivity index (χ1n) is 8.96. The van der Waals surface area contributed by atoms with Crippen LogP contribution >= 0.6 is 0 Å². The highest BCUT2D eigenvalue weighted by molar-refractivity contribution is 5.94. The molecule has 1 aromatic heterocycles. The molecule has 27 heavy (non-hydrogen) atoms. The number of likely N-dealkylation sites (tertiary alicyclic amines) is 1. The molecule has 2 aromatic carbocycles. The van der Waals surface area contributed by atoms with Gasteiger partial charge in [-0.3, -0.25) is 9.78 Å². The van der Waals surface area contributed by atoms with Crippen molar-refractivity contribution in [1.82, 2.24) is 14.9 Å². The van der Waals surface area contributed by atoms with Crippen LogP contribution in [-0.4, -0.2) is 41.5 Å². The summed E-state index contributed by atoms with van der Waals surface area (Å²) in [5.74, 6) is 1.39. The van der Waals surface area contributed by atoms with Gasteiger partial charge < -0.3 is 14.4 Å². The average Bonchev–Trinajstić information content (AvgIpc) is 3.22. The number of ether oxygens (including phenoxy) is 2. The quantitative estimate of drug-likeness (QED) is 0.708. The van der Waals surface area contributed by atoms with Gasteiger partial charge in [-0.25, -0.2) is 4.98 Å². The van der Waals surface area contributed by atoms with Gasteiger partial charge in [0.1, 0.15) is 17.2 Å². The van der Waals surface area contributed by atoms with E-state index in [1.54, 1.807) is 20.4 Å². The van der Waals surface area contributed by atoms with Crippen LogP contribution < -0.4 is 9.47 Å². The predicted octanol–water partition coefficient (Wildman–Crippen LogP) is 3.62. The lowest BCUT2D eigenvalue weighted by atomic mass is 10.0. The molecule has 0 spiro atoms. The Morgan fingerprint density at radius 3 is 2.70 bits per heavy atom. The Balaban J connectivity index is 1.69. The normalized spacial score (nSPS) is 16.5. The molecular weight excluding hydrogens is 342 g/mol. The number of fused-ring (bicyclic) bond motifs is 1. The molecule has 6 heteroatoms. The Kier molecular flexibility index (Phi) is 4.62. The first-order chi connectivity index (χ1) is 13.2. The van der Waals surface area contributed by atoms with E-state index < -0.39 is 0 Å². The number of benzene rings is 2. The Bertz CT molecular complexity index is 989. The molecule has 0 radical (unpaired) electrons. The topological polar surface area (TPSA) is 64.6 Å². The number of rotatable bonds is 4. The van der Waals surface area contributed by atoms with Gasteiger partial charge in [0.25, 0.3) is 5.91 Å². The number of hydrogen-bond acceptors (Lipinski definition) is 5. The zero-order valence-corrected chi connectivity index (χ0v) is 15.4. The summed E-state index contributed by atoms with van der Waals surface area (Å²) in [5.41, 5.74) is 2.82. The van der Waals surface area contributed by atoms with Crippen molar-refractivity contribution in [3.8, 4) is 11.5 Å². The second kappa shape index (κ2) is 7.23. The molecule has 2 heterocycles. The highest BCUT2D eigenvalue weighted by atomic mass is 16.5. The first-order valence-corrected chi connectivity index (χ1v) is 8.96. The minimum absolute atomic E-state index is 0.0733. The largest absolute Gasteiger partial charge is 0.497 e. The van der Waals surface area contributed by atoms with Crippen LogP contribution in [0.15, 0.2) is 48.7 Å². The highest BCUT2D eigenvalue weighted by Gasteiger charge is 2.33. The van der Waals surface area contributed by atoms with Crippen LogP contribution in [0.25, 0.3) is 11.0 Å². The maximum absolute atomic E-state index is 13.2. The van der Waals surface area contributed by atoms with E-state index in [0.717, 1.165) is 40.9 Å². The van der Waals surface area contributed by atoms with E-state index in [1.165, 1.54) is 0 Å². The van der Waals surface area contributed by atoms with E-state index in [1.807, 2.05) is 47.4 Å². The number of methoxy groups -OCH3 is 2. The fourth-order valence-corrected chi connectivity index (χ4v) is 3.64. The lowest BCUT2D eigenvalue weighted by Crippen LogP contribution is -2.31. The molecule has 0 saturated carbocycles. The number of carbonyl (C=O) groups excluding carboxylic acids is 1. The summed E-state index contributed by atoms with van der Waals surface area (Å²) < 4.78 is 10.9. The van der Waals surface area contributed by atoms with Crippen LogP contribution in [0.3, 0.4) is 0 Å². The van der Waals surface area contributed by atoms with Crippen LogP contribution in [0.2, 0.25) is 0 Å². The van der Waals surface area contributed by atoms with E-state index in [2.05, 4.69) is 9.97 Å². The average molecular weight is 363 g/mol. The molecule has 1 atom stereocenters. The Morgan fingerprint density at radius 2 is 1.93 bits per heavy atom. The molecule has 1 amide bonds. The third kappa shape index (κ3) is 3.18. The summed E-state index contributed by atoms with van der Waals surface area (Å²) in [6, 6.07) is 13.2. The predicted molar refractivity (Wildman–Crippen MR) is 102 cm³/mol. The number of aromatic nitrogens is 2. The minimum Gasteiger partial charge on any atom is -0.497 e. The van der Waals surface area contributed by atoms with Crippen molar-refractivity contribution in [2.75, 3.05) is 20.8 Å². The first kappa shape index (κ1) is 17.3. The van der Waals surface area contributed by atoms with Gasteiger partial charge in [0.2, 0.25) is 0 Å². The molecule has 4 rings (SSSR count). The molecule has 1 unspecified atom stereocenters. The van der Waals surface area contributed by atoms with Crippen molar-refractivity contribution < 1.29 is 14.3 Å². The molecule has 3 aromatic rings. The van der Waals surface area contributed by atoms with Gasteiger partial charge in [0, 0.05) is 12.1 Å². The number of carbonyl (C=O) groups is 1. The molecule has 1 aliphatic heterocycles. The molecule has 1 fully saturated rings. The van der Waals surface area contributed by atoms with Gasteiger partial charge in [-0.2, -0.15) is 0 Å². The zero-order valence-electron chi connectivity index (χ0n) is 15.4. The Hall–Kier alpha value is -3.15. The van der Waals surface area contributed by atoms with Gasteiger partial charge in [-0.15, -0.1) is 0 Å². The van der Waals surface area contributed by atoms with Gasteiger partial charge in [0.15, 0.2) is 0 Å². The monoisotopic (exact) mass is 363 g/mol. The van der Waals surface area contributed by atoms with Crippen LogP contribution in [0.5, 0.6) is 11.5 Å². The molecule has 0 bridgehead atoms. The number of hydrogen-bond donors (Lipinski definition) is 0. The van der Waals surface area contributed by atoms with Gasteiger partial charge in [-0.1, -0.05) is 12.1 Å².